The van der Waals surface area contributed by atoms with Crippen molar-refractivity contribution in [3.05, 3.63) is 115 Å². The van der Waals surface area contributed by atoms with Crippen molar-refractivity contribution >= 4 is 61.7 Å². The second kappa shape index (κ2) is 22.7. The molecule has 1 N–H and O–H groups in total. The van der Waals surface area contributed by atoms with Gasteiger partial charge in [-0.15, -0.1) is 0 Å². The van der Waals surface area contributed by atoms with Gasteiger partial charge in [0.2, 0.25) is 5.91 Å². The number of benzene rings is 3. The van der Waals surface area contributed by atoms with Crippen LogP contribution in [0.1, 0.15) is 70.3 Å². The van der Waals surface area contributed by atoms with E-state index >= 15 is 0 Å². The van der Waals surface area contributed by atoms with Crippen molar-refractivity contribution in [1.82, 2.24) is 14.0 Å². The van der Waals surface area contributed by atoms with Crippen molar-refractivity contribution in [2.45, 2.75) is 83.3 Å². The maximum absolute atomic E-state index is 12.8. The summed E-state index contributed by atoms with van der Waals surface area (Å²) >= 11 is 3.09. The Labute approximate surface area is 351 Å². The summed E-state index contributed by atoms with van der Waals surface area (Å²) in [4.78, 5) is 35.6. The number of rotatable bonds is 8. The molecule has 1 amide bonds. The minimum absolute atomic E-state index is 0. The third kappa shape index (κ3) is 12.4. The SMILES string of the molecule is C1=Cc2ccccc2C1.COC(=O)CCBr.O=C(CCn1ccc2ccccc21)N1CCCC2CCCCC21.O=C(O)CCn1ccc2ccccc21.[H-].[Na+]. The Hall–Kier alpha value is -3.63. The van der Waals surface area contributed by atoms with E-state index in [9.17, 15) is 14.4 Å². The van der Waals surface area contributed by atoms with Gasteiger partial charge in [0.1, 0.15) is 0 Å². The number of ether oxygens (including phenoxy) is 1. The number of carboxylic acids is 1. The van der Waals surface area contributed by atoms with Gasteiger partial charge in [0, 0.05) is 60.9 Å². The summed E-state index contributed by atoms with van der Waals surface area (Å²) in [7, 11) is 1.38. The summed E-state index contributed by atoms with van der Waals surface area (Å²) in [6.45, 7) is 2.30. The average Bonchev–Trinajstić information content (AvgIpc) is 3.95. The van der Waals surface area contributed by atoms with E-state index in [0.29, 0.717) is 36.7 Å². The van der Waals surface area contributed by atoms with Crippen molar-refractivity contribution in [3.63, 3.8) is 0 Å². The minimum Gasteiger partial charge on any atom is -1.00 e. The van der Waals surface area contributed by atoms with Gasteiger partial charge in [-0.3, -0.25) is 14.4 Å². The Morgan fingerprint density at radius 2 is 1.37 bits per heavy atom. The number of alkyl halides is 1. The molecule has 0 radical (unpaired) electrons. The number of carboxylic acid groups (broad SMARTS) is 1. The Balaban J connectivity index is 0.000000217. The normalized spacial score (nSPS) is 16.6. The van der Waals surface area contributed by atoms with E-state index in [-0.39, 0.29) is 43.4 Å². The first-order valence-corrected chi connectivity index (χ1v) is 20.0. The molecule has 2 atom stereocenters. The zero-order valence-electron chi connectivity index (χ0n) is 32.7. The standard InChI is InChI=1S/C20H26N2O.C11H11NO2.C9H8.C4H7BrO2.Na.H/c23-20(22-13-5-8-16-6-2-4-10-19(16)22)12-15-21-14-11-17-7-1-3-9-18(17)21;13-11(14)6-8-12-7-5-9-3-1-2-4-10(9)12;1-2-5-9-7-3-6-8(9)4-1;1-7-4(6)2-3-5;;/h1,3,7,9,11,14,16,19H,2,4-6,8,10,12-13,15H2;1-5,7H,6,8H2,(H,13,14);1-6H,7H2;2-3H2,1H3;;/q;;;;+1;-1. The number of aliphatic carboxylic acids is 1. The van der Waals surface area contributed by atoms with Crippen LogP contribution >= 0.6 is 15.9 Å². The van der Waals surface area contributed by atoms with Crippen LogP contribution in [0.3, 0.4) is 0 Å². The predicted octanol–water partition coefficient (Wildman–Crippen LogP) is 6.65. The molecule has 1 saturated carbocycles. The van der Waals surface area contributed by atoms with E-state index < -0.39 is 5.97 Å². The van der Waals surface area contributed by atoms with Crippen LogP contribution in [-0.2, 0) is 38.6 Å². The minimum atomic E-state index is -0.761. The quantitative estimate of drug-likeness (QED) is 0.108. The summed E-state index contributed by atoms with van der Waals surface area (Å²) in [5.41, 5.74) is 5.17. The maximum atomic E-state index is 12.8. The summed E-state index contributed by atoms with van der Waals surface area (Å²) in [6.07, 6.45) is 18.5. The number of hydrogen-bond acceptors (Lipinski definition) is 4. The van der Waals surface area contributed by atoms with Crippen molar-refractivity contribution in [1.29, 1.82) is 0 Å². The van der Waals surface area contributed by atoms with Crippen LogP contribution in [0, 0.1) is 5.92 Å². The first kappa shape index (κ1) is 43.1. The number of methoxy groups -OCH3 is 1. The molecule has 8 nitrogen and oxygen atoms in total. The largest absolute Gasteiger partial charge is 1.00 e. The van der Waals surface area contributed by atoms with E-state index in [1.807, 2.05) is 41.1 Å². The number of carbonyl (C=O) groups excluding carboxylic acids is 2. The van der Waals surface area contributed by atoms with Gasteiger partial charge < -0.3 is 25.3 Å². The number of likely N-dealkylation sites (tertiary alicyclic amines) is 1. The average molecular weight is 807 g/mol. The van der Waals surface area contributed by atoms with Crippen molar-refractivity contribution in [2.75, 3.05) is 19.0 Å². The number of halogens is 1. The predicted molar refractivity (Wildman–Crippen MR) is 218 cm³/mol. The molecule has 5 aromatic rings. The number of aryl methyl sites for hydroxylation is 2. The summed E-state index contributed by atoms with van der Waals surface area (Å²) in [6, 6.07) is 29.5. The Kier molecular flexibility index (Phi) is 18.1. The molecule has 54 heavy (non-hydrogen) atoms. The topological polar surface area (TPSA) is 93.8 Å². The van der Waals surface area contributed by atoms with Crippen LogP contribution in [0.2, 0.25) is 0 Å². The fourth-order valence-electron chi connectivity index (χ4n) is 7.56. The van der Waals surface area contributed by atoms with Crippen LogP contribution < -0.4 is 29.6 Å². The molecule has 2 fully saturated rings. The molecule has 282 valence electrons. The van der Waals surface area contributed by atoms with E-state index in [1.54, 1.807) is 0 Å². The number of esters is 1. The number of aromatic nitrogens is 2. The Bertz CT molecular complexity index is 1980. The molecule has 2 unspecified atom stereocenters. The van der Waals surface area contributed by atoms with Crippen molar-refractivity contribution < 1.29 is 55.2 Å². The fourth-order valence-corrected chi connectivity index (χ4v) is 7.88. The molecule has 8 rings (SSSR count). The molecule has 0 bridgehead atoms. The van der Waals surface area contributed by atoms with Gasteiger partial charge in [0.05, 0.1) is 20.0 Å². The van der Waals surface area contributed by atoms with Gasteiger partial charge in [-0.2, -0.15) is 0 Å². The van der Waals surface area contributed by atoms with E-state index in [0.717, 1.165) is 36.3 Å². The van der Waals surface area contributed by atoms with Crippen LogP contribution in [-0.4, -0.2) is 62.0 Å². The third-order valence-electron chi connectivity index (χ3n) is 10.3. The second-order valence-corrected chi connectivity index (χ2v) is 14.5. The Morgan fingerprint density at radius 3 is 1.98 bits per heavy atom. The van der Waals surface area contributed by atoms with Crippen LogP contribution in [0.15, 0.2) is 103 Å². The number of allylic oxidation sites excluding steroid dienone is 1. The smallest absolute Gasteiger partial charge is 1.00 e. The van der Waals surface area contributed by atoms with Crippen LogP contribution in [0.4, 0.5) is 0 Å². The van der Waals surface area contributed by atoms with E-state index in [1.165, 1.54) is 67.7 Å². The van der Waals surface area contributed by atoms with Gasteiger partial charge in [-0.25, -0.2) is 0 Å². The second-order valence-electron chi connectivity index (χ2n) is 13.7. The number of amides is 1. The number of fused-ring (bicyclic) bond motifs is 4. The molecule has 1 aliphatic heterocycles. The number of hydrogen-bond donors (Lipinski definition) is 1. The van der Waals surface area contributed by atoms with Gasteiger partial charge in [-0.05, 0) is 84.2 Å². The molecule has 3 aromatic carbocycles. The molecule has 3 heterocycles. The molecular formula is C44H53BrN3NaO5. The molecule has 3 aliphatic rings. The zero-order chi connectivity index (χ0) is 37.4. The van der Waals surface area contributed by atoms with Gasteiger partial charge in [0.15, 0.2) is 0 Å². The fraction of sp³-hybridized carbons (Fsp3) is 0.386. The summed E-state index contributed by atoms with van der Waals surface area (Å²) in [5.74, 6) is 0.202. The summed E-state index contributed by atoms with van der Waals surface area (Å²) in [5, 5.41) is 11.7. The molecule has 2 aromatic heterocycles. The van der Waals surface area contributed by atoms with Gasteiger partial charge >= 0.3 is 41.5 Å². The molecule has 1 saturated heterocycles. The van der Waals surface area contributed by atoms with E-state index in [2.05, 4.69) is 103 Å². The first-order chi connectivity index (χ1) is 25.9. The van der Waals surface area contributed by atoms with Crippen LogP contribution in [0.5, 0.6) is 0 Å². The molecule has 10 heteroatoms. The van der Waals surface area contributed by atoms with Crippen LogP contribution in [0.25, 0.3) is 27.9 Å². The molecular weight excluding hydrogens is 753 g/mol. The number of nitrogens with zero attached hydrogens (tertiary/aromatic N) is 3. The van der Waals surface area contributed by atoms with Gasteiger partial charge in [-0.1, -0.05) is 102 Å². The number of piperidine rings is 1. The van der Waals surface area contributed by atoms with E-state index in [4.69, 9.17) is 5.11 Å². The molecule has 0 spiro atoms. The number of carbonyl (C=O) groups is 3. The maximum Gasteiger partial charge on any atom is 1.00 e. The molecule has 2 aliphatic carbocycles. The Morgan fingerprint density at radius 1 is 0.778 bits per heavy atom. The third-order valence-corrected chi connectivity index (χ3v) is 10.7. The van der Waals surface area contributed by atoms with Crippen molar-refractivity contribution in [2.24, 2.45) is 5.92 Å². The monoisotopic (exact) mass is 805 g/mol. The first-order valence-electron chi connectivity index (χ1n) is 18.8. The van der Waals surface area contributed by atoms with Crippen molar-refractivity contribution in [3.8, 4) is 0 Å². The zero-order valence-corrected chi connectivity index (χ0v) is 35.3. The number of para-hydroxylation sites is 2. The van der Waals surface area contributed by atoms with Gasteiger partial charge in [0.25, 0.3) is 0 Å². The summed E-state index contributed by atoms with van der Waals surface area (Å²) < 4.78 is 8.50.